The van der Waals surface area contributed by atoms with E-state index >= 15 is 0 Å². The standard InChI is InChI=1S/C17H18N2O4/c1-23-15-4-2-3-13(16(15)18)14(21)9-10-19-17(22)11-5-7-12(20)8-6-11/h2-8,20H,9-10,18H2,1H3,(H,19,22). The van der Waals surface area contributed by atoms with Crippen LogP contribution in [0.15, 0.2) is 42.5 Å². The molecule has 2 aromatic carbocycles. The molecule has 120 valence electrons. The number of ketones is 1. The van der Waals surface area contributed by atoms with Gasteiger partial charge >= 0.3 is 0 Å². The van der Waals surface area contributed by atoms with E-state index < -0.39 is 0 Å². The van der Waals surface area contributed by atoms with E-state index in [0.717, 1.165) is 0 Å². The van der Waals surface area contributed by atoms with Crippen molar-refractivity contribution in [3.8, 4) is 11.5 Å². The van der Waals surface area contributed by atoms with Gasteiger partial charge in [0.1, 0.15) is 11.5 Å². The summed E-state index contributed by atoms with van der Waals surface area (Å²) in [5, 5.41) is 11.8. The molecule has 2 rings (SSSR count). The maximum atomic E-state index is 12.2. The highest BCUT2D eigenvalue weighted by molar-refractivity contribution is 6.02. The van der Waals surface area contributed by atoms with Crippen LogP contribution in [0.5, 0.6) is 11.5 Å². The summed E-state index contributed by atoms with van der Waals surface area (Å²) in [6.45, 7) is 0.190. The van der Waals surface area contributed by atoms with E-state index in [2.05, 4.69) is 5.32 Å². The van der Waals surface area contributed by atoms with Gasteiger partial charge in [0, 0.05) is 24.1 Å². The van der Waals surface area contributed by atoms with Gasteiger partial charge in [-0.2, -0.15) is 0 Å². The number of anilines is 1. The number of amides is 1. The van der Waals surface area contributed by atoms with Gasteiger partial charge in [-0.25, -0.2) is 0 Å². The molecule has 0 saturated heterocycles. The molecule has 1 amide bonds. The topological polar surface area (TPSA) is 102 Å². The number of hydrogen-bond acceptors (Lipinski definition) is 5. The van der Waals surface area contributed by atoms with Crippen molar-refractivity contribution < 1.29 is 19.4 Å². The summed E-state index contributed by atoms with van der Waals surface area (Å²) in [7, 11) is 1.48. The van der Waals surface area contributed by atoms with E-state index in [1.165, 1.54) is 31.4 Å². The molecule has 0 saturated carbocycles. The number of rotatable bonds is 6. The average molecular weight is 314 g/mol. The Labute approximate surface area is 133 Å². The van der Waals surface area contributed by atoms with Crippen LogP contribution in [-0.2, 0) is 0 Å². The largest absolute Gasteiger partial charge is 0.508 e. The number of phenols is 1. The Morgan fingerprint density at radius 1 is 1.17 bits per heavy atom. The highest BCUT2D eigenvalue weighted by Gasteiger charge is 2.13. The molecule has 0 aliphatic rings. The SMILES string of the molecule is COc1cccc(C(=O)CCNC(=O)c2ccc(O)cc2)c1N. The first-order chi connectivity index (χ1) is 11.0. The number of Topliss-reactive ketones (excluding diaryl/α,β-unsaturated/α-hetero) is 1. The van der Waals surface area contributed by atoms with Crippen LogP contribution in [0.4, 0.5) is 5.69 Å². The molecule has 0 heterocycles. The van der Waals surface area contributed by atoms with Gasteiger partial charge in [0.05, 0.1) is 12.8 Å². The molecular weight excluding hydrogens is 296 g/mol. The van der Waals surface area contributed by atoms with Crippen LogP contribution in [-0.4, -0.2) is 30.5 Å². The lowest BCUT2D eigenvalue weighted by Gasteiger charge is -2.09. The molecule has 0 atom stereocenters. The van der Waals surface area contributed by atoms with Gasteiger partial charge in [-0.1, -0.05) is 6.07 Å². The summed E-state index contributed by atoms with van der Waals surface area (Å²) >= 11 is 0. The second-order valence-electron chi connectivity index (χ2n) is 4.90. The number of benzene rings is 2. The third kappa shape index (κ3) is 4.00. The zero-order valence-electron chi connectivity index (χ0n) is 12.7. The number of methoxy groups -OCH3 is 1. The molecule has 4 N–H and O–H groups in total. The number of hydrogen-bond donors (Lipinski definition) is 3. The van der Waals surface area contributed by atoms with Gasteiger partial charge in [-0.15, -0.1) is 0 Å². The molecule has 23 heavy (non-hydrogen) atoms. The number of carbonyl (C=O) groups excluding carboxylic acids is 2. The summed E-state index contributed by atoms with van der Waals surface area (Å²) in [6, 6.07) is 10.9. The average Bonchev–Trinajstić information content (AvgIpc) is 2.55. The van der Waals surface area contributed by atoms with Crippen molar-refractivity contribution in [2.75, 3.05) is 19.4 Å². The highest BCUT2D eigenvalue weighted by atomic mass is 16.5. The zero-order chi connectivity index (χ0) is 16.8. The quantitative estimate of drug-likeness (QED) is 0.559. The fourth-order valence-corrected chi connectivity index (χ4v) is 2.10. The minimum atomic E-state index is -0.309. The van der Waals surface area contributed by atoms with Gasteiger partial charge in [0.15, 0.2) is 5.78 Å². The van der Waals surface area contributed by atoms with Gasteiger partial charge < -0.3 is 20.9 Å². The van der Waals surface area contributed by atoms with Gasteiger partial charge in [0.25, 0.3) is 5.91 Å². The van der Waals surface area contributed by atoms with Crippen LogP contribution in [0.3, 0.4) is 0 Å². The molecule has 0 spiro atoms. The Bertz CT molecular complexity index is 711. The number of nitrogen functional groups attached to an aromatic ring is 1. The van der Waals surface area contributed by atoms with Gasteiger partial charge in [-0.3, -0.25) is 9.59 Å². The van der Waals surface area contributed by atoms with Crippen molar-refractivity contribution in [2.45, 2.75) is 6.42 Å². The summed E-state index contributed by atoms with van der Waals surface area (Å²) in [4.78, 5) is 24.1. The van der Waals surface area contributed by atoms with Crippen molar-refractivity contribution in [3.63, 3.8) is 0 Å². The normalized spacial score (nSPS) is 10.1. The van der Waals surface area contributed by atoms with Crippen LogP contribution in [0, 0.1) is 0 Å². The lowest BCUT2D eigenvalue weighted by molar-refractivity contribution is 0.0940. The summed E-state index contributed by atoms with van der Waals surface area (Å²) < 4.78 is 5.08. The molecular formula is C17H18N2O4. The summed E-state index contributed by atoms with van der Waals surface area (Å²) in [5.74, 6) is 0.0537. The van der Waals surface area contributed by atoms with Crippen molar-refractivity contribution >= 4 is 17.4 Å². The van der Waals surface area contributed by atoms with Gasteiger partial charge in [0.2, 0.25) is 0 Å². The lowest BCUT2D eigenvalue weighted by atomic mass is 10.1. The van der Waals surface area contributed by atoms with E-state index in [1.54, 1.807) is 18.2 Å². The molecule has 0 aromatic heterocycles. The summed E-state index contributed by atoms with van der Waals surface area (Å²) in [6.07, 6.45) is 0.126. The number of phenolic OH excluding ortho intramolecular Hbond substituents is 1. The molecule has 0 radical (unpaired) electrons. The Morgan fingerprint density at radius 2 is 1.87 bits per heavy atom. The van der Waals surface area contributed by atoms with E-state index in [4.69, 9.17) is 10.5 Å². The van der Waals surface area contributed by atoms with Gasteiger partial charge in [-0.05, 0) is 36.4 Å². The molecule has 0 aliphatic carbocycles. The van der Waals surface area contributed by atoms with Crippen molar-refractivity contribution in [2.24, 2.45) is 0 Å². The maximum Gasteiger partial charge on any atom is 0.251 e. The Hall–Kier alpha value is -3.02. The minimum Gasteiger partial charge on any atom is -0.508 e. The van der Waals surface area contributed by atoms with Crippen LogP contribution in [0.2, 0.25) is 0 Å². The predicted octanol–water partition coefficient (Wildman–Crippen LogP) is 1.99. The van der Waals surface area contributed by atoms with Crippen molar-refractivity contribution in [1.82, 2.24) is 5.32 Å². The van der Waals surface area contributed by atoms with Crippen LogP contribution < -0.4 is 15.8 Å². The van der Waals surface area contributed by atoms with Crippen LogP contribution in [0.1, 0.15) is 27.1 Å². The number of ether oxygens (including phenoxy) is 1. The van der Waals surface area contributed by atoms with E-state index in [1.807, 2.05) is 0 Å². The van der Waals surface area contributed by atoms with Crippen molar-refractivity contribution in [3.05, 3.63) is 53.6 Å². The fourth-order valence-electron chi connectivity index (χ4n) is 2.10. The first-order valence-electron chi connectivity index (χ1n) is 7.06. The molecule has 0 fully saturated rings. The van der Waals surface area contributed by atoms with E-state index in [0.29, 0.717) is 22.6 Å². The number of carbonyl (C=O) groups is 2. The third-order valence-corrected chi connectivity index (χ3v) is 3.35. The van der Waals surface area contributed by atoms with Crippen LogP contribution >= 0.6 is 0 Å². The zero-order valence-corrected chi connectivity index (χ0v) is 12.7. The number of para-hydroxylation sites is 1. The maximum absolute atomic E-state index is 12.2. The highest BCUT2D eigenvalue weighted by Crippen LogP contribution is 2.25. The monoisotopic (exact) mass is 314 g/mol. The number of aromatic hydroxyl groups is 1. The lowest BCUT2D eigenvalue weighted by Crippen LogP contribution is -2.26. The second kappa shape index (κ2) is 7.31. The van der Waals surface area contributed by atoms with Crippen molar-refractivity contribution in [1.29, 1.82) is 0 Å². The molecule has 2 aromatic rings. The molecule has 6 heteroatoms. The summed E-state index contributed by atoms with van der Waals surface area (Å²) in [5.41, 5.74) is 6.96. The van der Waals surface area contributed by atoms with Crippen LogP contribution in [0.25, 0.3) is 0 Å². The Kier molecular flexibility index (Phi) is 5.19. The third-order valence-electron chi connectivity index (χ3n) is 3.35. The Morgan fingerprint density at radius 3 is 2.52 bits per heavy atom. The number of nitrogens with one attached hydrogen (secondary N) is 1. The molecule has 0 bridgehead atoms. The van der Waals surface area contributed by atoms with E-state index in [-0.39, 0.29) is 30.4 Å². The smallest absolute Gasteiger partial charge is 0.251 e. The fraction of sp³-hybridized carbons (Fsp3) is 0.176. The molecule has 0 aliphatic heterocycles. The number of nitrogens with two attached hydrogens (primary N) is 1. The Balaban J connectivity index is 1.92. The van der Waals surface area contributed by atoms with E-state index in [9.17, 15) is 14.7 Å². The predicted molar refractivity (Wildman–Crippen MR) is 86.8 cm³/mol. The minimum absolute atomic E-state index is 0.0882. The molecule has 0 unspecified atom stereocenters. The first kappa shape index (κ1) is 16.4. The second-order valence-corrected chi connectivity index (χ2v) is 4.90. The molecule has 6 nitrogen and oxygen atoms in total. The first-order valence-corrected chi connectivity index (χ1v) is 7.06.